The fraction of sp³-hybridized carbons (Fsp3) is 0.400. The highest BCUT2D eigenvalue weighted by molar-refractivity contribution is 7.89. The smallest absolute Gasteiger partial charge is 0.324 e. The molecule has 2 fully saturated rings. The number of nitrogens with one attached hydrogen (secondary N) is 2. The lowest BCUT2D eigenvalue weighted by atomic mass is 9.92. The Kier molecular flexibility index (Phi) is 6.95. The molecule has 2 aliphatic rings. The number of carbonyl (C=O) groups excluding carboxylic acids is 3. The van der Waals surface area contributed by atoms with Crippen LogP contribution in [-0.4, -0.2) is 55.1 Å². The second-order valence-electron chi connectivity index (χ2n) is 9.16. The number of urea groups is 1. The Labute approximate surface area is 205 Å². The summed E-state index contributed by atoms with van der Waals surface area (Å²) in [5, 5.41) is 5.30. The van der Waals surface area contributed by atoms with E-state index < -0.39 is 40.0 Å². The Morgan fingerprint density at radius 3 is 2.34 bits per heavy atom. The summed E-state index contributed by atoms with van der Waals surface area (Å²) < 4.78 is 28.1. The van der Waals surface area contributed by atoms with Crippen molar-refractivity contribution in [3.63, 3.8) is 0 Å². The predicted octanol–water partition coefficient (Wildman–Crippen LogP) is 2.97. The molecule has 35 heavy (non-hydrogen) atoms. The molecule has 0 bridgehead atoms. The number of aryl methyl sites for hydroxylation is 1. The van der Waals surface area contributed by atoms with Crippen molar-refractivity contribution in [2.45, 2.75) is 50.0 Å². The maximum absolute atomic E-state index is 13.3. The minimum absolute atomic E-state index is 0.142. The van der Waals surface area contributed by atoms with Crippen LogP contribution in [0.4, 0.5) is 10.5 Å². The summed E-state index contributed by atoms with van der Waals surface area (Å²) in [5.74, 6) is -1.13. The molecule has 0 radical (unpaired) electrons. The van der Waals surface area contributed by atoms with Gasteiger partial charge in [0.15, 0.2) is 0 Å². The van der Waals surface area contributed by atoms with Crippen LogP contribution in [0.15, 0.2) is 53.4 Å². The first-order valence-electron chi connectivity index (χ1n) is 11.7. The minimum atomic E-state index is -3.71. The predicted molar refractivity (Wildman–Crippen MR) is 131 cm³/mol. The Hall–Kier alpha value is -3.24. The van der Waals surface area contributed by atoms with Crippen LogP contribution in [0.25, 0.3) is 0 Å². The zero-order valence-electron chi connectivity index (χ0n) is 19.9. The molecule has 10 heteroatoms. The topological polar surface area (TPSA) is 116 Å². The first-order chi connectivity index (χ1) is 16.6. The second kappa shape index (κ2) is 9.79. The lowest BCUT2D eigenvalue weighted by molar-refractivity contribution is -0.133. The van der Waals surface area contributed by atoms with Gasteiger partial charge in [0, 0.05) is 18.8 Å². The molecule has 9 nitrogen and oxygen atoms in total. The number of hydrogen-bond acceptors (Lipinski definition) is 5. The Morgan fingerprint density at radius 2 is 1.69 bits per heavy atom. The fourth-order valence-electron chi connectivity index (χ4n) is 4.53. The van der Waals surface area contributed by atoms with E-state index in [1.807, 2.05) is 6.07 Å². The third-order valence-corrected chi connectivity index (χ3v) is 8.62. The third kappa shape index (κ3) is 4.94. The van der Waals surface area contributed by atoms with Crippen LogP contribution >= 0.6 is 0 Å². The zero-order chi connectivity index (χ0) is 25.2. The first-order valence-corrected chi connectivity index (χ1v) is 13.2. The highest BCUT2D eigenvalue weighted by atomic mass is 32.2. The molecular weight excluding hydrogens is 468 g/mol. The maximum Gasteiger partial charge on any atom is 0.325 e. The van der Waals surface area contributed by atoms with Crippen molar-refractivity contribution < 1.29 is 22.8 Å². The van der Waals surface area contributed by atoms with E-state index in [4.69, 9.17) is 0 Å². The summed E-state index contributed by atoms with van der Waals surface area (Å²) in [6.07, 6.45) is 3.66. The fourth-order valence-corrected chi connectivity index (χ4v) is 6.30. The van der Waals surface area contributed by atoms with Gasteiger partial charge in [-0.1, -0.05) is 49.2 Å². The molecule has 0 aliphatic carbocycles. The number of sulfonamides is 1. The minimum Gasteiger partial charge on any atom is -0.324 e. The SMILES string of the molecule is Cc1ccc(NC(=O)CN2C(=O)NC(C)(c3ccccc3)C2=O)cc1S(=O)(=O)N1CCCCCC1. The first kappa shape index (κ1) is 24.9. The van der Waals surface area contributed by atoms with Crippen molar-refractivity contribution in [1.29, 1.82) is 0 Å². The number of amides is 4. The van der Waals surface area contributed by atoms with E-state index in [0.29, 0.717) is 24.2 Å². The van der Waals surface area contributed by atoms with Crippen molar-refractivity contribution in [2.24, 2.45) is 0 Å². The van der Waals surface area contributed by atoms with E-state index in [1.54, 1.807) is 50.2 Å². The summed E-state index contributed by atoms with van der Waals surface area (Å²) in [5.41, 5.74) is 0.215. The number of hydrogen-bond donors (Lipinski definition) is 2. The number of imide groups is 1. The lowest BCUT2D eigenvalue weighted by Crippen LogP contribution is -2.42. The summed E-state index contributed by atoms with van der Waals surface area (Å²) >= 11 is 0. The molecular formula is C25H30N4O5S. The van der Waals surface area contributed by atoms with Gasteiger partial charge in [0.2, 0.25) is 15.9 Å². The normalized spacial score (nSPS) is 21.5. The zero-order valence-corrected chi connectivity index (χ0v) is 20.7. The lowest BCUT2D eigenvalue weighted by Gasteiger charge is -2.22. The van der Waals surface area contributed by atoms with Crippen LogP contribution in [0.1, 0.15) is 43.7 Å². The molecule has 2 aromatic carbocycles. The number of benzene rings is 2. The molecule has 1 unspecified atom stereocenters. The van der Waals surface area contributed by atoms with Gasteiger partial charge in [-0.15, -0.1) is 0 Å². The largest absolute Gasteiger partial charge is 0.325 e. The van der Waals surface area contributed by atoms with Gasteiger partial charge >= 0.3 is 6.03 Å². The van der Waals surface area contributed by atoms with E-state index in [9.17, 15) is 22.8 Å². The number of nitrogens with zero attached hydrogens (tertiary/aromatic N) is 2. The van der Waals surface area contributed by atoms with Crippen molar-refractivity contribution >= 4 is 33.6 Å². The van der Waals surface area contributed by atoms with E-state index in [2.05, 4.69) is 10.6 Å². The highest BCUT2D eigenvalue weighted by Gasteiger charge is 2.49. The van der Waals surface area contributed by atoms with Crippen LogP contribution in [0, 0.1) is 6.92 Å². The van der Waals surface area contributed by atoms with Gasteiger partial charge in [-0.25, -0.2) is 13.2 Å². The van der Waals surface area contributed by atoms with Gasteiger partial charge in [-0.2, -0.15) is 4.31 Å². The Morgan fingerprint density at radius 1 is 1.03 bits per heavy atom. The van der Waals surface area contributed by atoms with Crippen molar-refractivity contribution in [1.82, 2.24) is 14.5 Å². The average Bonchev–Trinajstić information content (AvgIpc) is 3.03. The van der Waals surface area contributed by atoms with E-state index in [0.717, 1.165) is 30.6 Å². The van der Waals surface area contributed by atoms with Crippen LogP contribution in [0.2, 0.25) is 0 Å². The molecule has 2 saturated heterocycles. The molecule has 2 heterocycles. The molecule has 2 aromatic rings. The van der Waals surface area contributed by atoms with E-state index in [-0.39, 0.29) is 10.6 Å². The van der Waals surface area contributed by atoms with Gasteiger partial charge in [0.1, 0.15) is 12.1 Å². The molecule has 2 N–H and O–H groups in total. The highest BCUT2D eigenvalue weighted by Crippen LogP contribution is 2.29. The Bertz CT molecular complexity index is 1240. The summed E-state index contributed by atoms with van der Waals surface area (Å²) in [7, 11) is -3.71. The average molecular weight is 499 g/mol. The van der Waals surface area contributed by atoms with Crippen LogP contribution < -0.4 is 10.6 Å². The number of anilines is 1. The summed E-state index contributed by atoms with van der Waals surface area (Å²) in [4.78, 5) is 39.3. The maximum atomic E-state index is 13.3. The van der Waals surface area contributed by atoms with Gasteiger partial charge < -0.3 is 10.6 Å². The third-order valence-electron chi connectivity index (χ3n) is 6.58. The molecule has 4 rings (SSSR count). The molecule has 2 aliphatic heterocycles. The monoisotopic (exact) mass is 498 g/mol. The van der Waals surface area contributed by atoms with Gasteiger partial charge in [0.25, 0.3) is 5.91 Å². The van der Waals surface area contributed by atoms with E-state index in [1.165, 1.54) is 10.4 Å². The number of rotatable bonds is 6. The van der Waals surface area contributed by atoms with Crippen LogP contribution in [0.5, 0.6) is 0 Å². The quantitative estimate of drug-likeness (QED) is 0.594. The molecule has 0 aromatic heterocycles. The Balaban J connectivity index is 1.49. The number of carbonyl (C=O) groups is 3. The van der Waals surface area contributed by atoms with Crippen LogP contribution in [0.3, 0.4) is 0 Å². The molecule has 4 amide bonds. The van der Waals surface area contributed by atoms with Gasteiger partial charge in [-0.05, 0) is 49.9 Å². The molecule has 0 spiro atoms. The summed E-state index contributed by atoms with van der Waals surface area (Å²) in [6, 6.07) is 12.8. The van der Waals surface area contributed by atoms with Crippen molar-refractivity contribution in [3.05, 3.63) is 59.7 Å². The summed E-state index contributed by atoms with van der Waals surface area (Å²) in [6.45, 7) is 3.78. The standard InChI is InChI=1S/C25H30N4O5S/c1-18-12-13-20(16-21(18)35(33,34)28-14-8-3-4-9-15-28)26-22(30)17-29-23(31)25(2,27-24(29)32)19-10-6-5-7-11-19/h5-7,10-13,16H,3-4,8-9,14-15,17H2,1-2H3,(H,26,30)(H,27,32). The van der Waals surface area contributed by atoms with Crippen molar-refractivity contribution in [2.75, 3.05) is 25.0 Å². The molecule has 0 saturated carbocycles. The molecule has 186 valence electrons. The van der Waals surface area contributed by atoms with Gasteiger partial charge in [0.05, 0.1) is 4.90 Å². The second-order valence-corrected chi connectivity index (χ2v) is 11.1. The van der Waals surface area contributed by atoms with Crippen molar-refractivity contribution in [3.8, 4) is 0 Å². The van der Waals surface area contributed by atoms with E-state index >= 15 is 0 Å². The van der Waals surface area contributed by atoms with Gasteiger partial charge in [-0.3, -0.25) is 14.5 Å². The van der Waals surface area contributed by atoms with Crippen LogP contribution in [-0.2, 0) is 25.2 Å². The molecule has 1 atom stereocenters.